The summed E-state index contributed by atoms with van der Waals surface area (Å²) in [6.07, 6.45) is 16.2. The number of carbonyl (C=O) groups excluding carboxylic acids is 1. The average Bonchev–Trinajstić information content (AvgIpc) is 2.53. The third-order valence-corrected chi connectivity index (χ3v) is 4.75. The third kappa shape index (κ3) is 7.92. The number of carbonyl (C=O) groups is 1. The summed E-state index contributed by atoms with van der Waals surface area (Å²) in [5.74, 6) is -0.505. The molecule has 0 bridgehead atoms. The zero-order valence-electron chi connectivity index (χ0n) is 16.2. The first-order valence-electron chi connectivity index (χ1n) is 8.88. The maximum atomic E-state index is 10.9. The van der Waals surface area contributed by atoms with Crippen molar-refractivity contribution in [2.75, 3.05) is 12.5 Å². The van der Waals surface area contributed by atoms with E-state index in [-0.39, 0.29) is 17.9 Å². The molecule has 25 heavy (non-hydrogen) atoms. The van der Waals surface area contributed by atoms with E-state index in [0.29, 0.717) is 0 Å². The van der Waals surface area contributed by atoms with Gasteiger partial charge >= 0.3 is 5.97 Å². The molecule has 0 amide bonds. The number of rotatable bonds is 7. The molecule has 0 aromatic carbocycles. The van der Waals surface area contributed by atoms with Gasteiger partial charge in [0.1, 0.15) is 12.5 Å². The first-order chi connectivity index (χ1) is 11.8. The van der Waals surface area contributed by atoms with E-state index >= 15 is 0 Å². The molecule has 1 aliphatic carbocycles. The molecule has 0 N–H and O–H groups in total. The molecule has 3 heteroatoms. The summed E-state index contributed by atoms with van der Waals surface area (Å²) in [7, 11) is 0. The second-order valence-corrected chi connectivity index (χ2v) is 7.57. The van der Waals surface area contributed by atoms with Gasteiger partial charge in [0, 0.05) is 0 Å². The van der Waals surface area contributed by atoms with Crippen LogP contribution in [0.2, 0.25) is 0 Å². The summed E-state index contributed by atoms with van der Waals surface area (Å²) >= 11 is 5.37. The molecule has 0 spiro atoms. The predicted molar refractivity (Wildman–Crippen MR) is 108 cm³/mol. The lowest BCUT2D eigenvalue weighted by Gasteiger charge is -2.32. The molecular formula is C22H31ClO2. The van der Waals surface area contributed by atoms with E-state index < -0.39 is 5.97 Å². The van der Waals surface area contributed by atoms with Crippen LogP contribution < -0.4 is 0 Å². The van der Waals surface area contributed by atoms with Crippen LogP contribution in [0.3, 0.4) is 0 Å². The molecule has 2 nitrogen and oxygen atoms in total. The maximum Gasteiger partial charge on any atom is 0.321 e. The van der Waals surface area contributed by atoms with Crippen LogP contribution >= 0.6 is 11.6 Å². The lowest BCUT2D eigenvalue weighted by molar-refractivity contribution is -0.139. The van der Waals surface area contributed by atoms with Gasteiger partial charge in [-0.25, -0.2) is 0 Å². The molecule has 0 saturated heterocycles. The maximum absolute atomic E-state index is 10.9. The van der Waals surface area contributed by atoms with E-state index in [1.165, 1.54) is 36.0 Å². The van der Waals surface area contributed by atoms with Gasteiger partial charge in [0.25, 0.3) is 0 Å². The lowest BCUT2D eigenvalue weighted by atomic mass is 9.72. The minimum atomic E-state index is -0.397. The van der Waals surface area contributed by atoms with Crippen LogP contribution in [0.4, 0.5) is 0 Å². The van der Waals surface area contributed by atoms with Gasteiger partial charge in [-0.2, -0.15) is 0 Å². The zero-order chi connectivity index (χ0) is 18.9. The molecule has 0 heterocycles. The van der Waals surface area contributed by atoms with E-state index in [9.17, 15) is 4.79 Å². The van der Waals surface area contributed by atoms with E-state index in [1.54, 1.807) is 0 Å². The third-order valence-electron chi connectivity index (χ3n) is 4.53. The molecule has 1 aliphatic rings. The van der Waals surface area contributed by atoms with Crippen molar-refractivity contribution in [3.8, 4) is 0 Å². The van der Waals surface area contributed by atoms with Gasteiger partial charge in [0.2, 0.25) is 0 Å². The number of hydrogen-bond acceptors (Lipinski definition) is 2. The highest BCUT2D eigenvalue weighted by Gasteiger charge is 2.26. The van der Waals surface area contributed by atoms with Crippen molar-refractivity contribution in [1.82, 2.24) is 0 Å². The Morgan fingerprint density at radius 3 is 2.60 bits per heavy atom. The van der Waals surface area contributed by atoms with E-state index in [2.05, 4.69) is 45.9 Å². The van der Waals surface area contributed by atoms with Crippen LogP contribution in [0.15, 0.2) is 58.7 Å². The lowest BCUT2D eigenvalue weighted by Crippen LogP contribution is -2.19. The van der Waals surface area contributed by atoms with Crippen molar-refractivity contribution >= 4 is 17.6 Å². The topological polar surface area (TPSA) is 26.3 Å². The summed E-state index contributed by atoms with van der Waals surface area (Å²) in [4.78, 5) is 10.9. The normalized spacial score (nSPS) is 19.1. The Balaban J connectivity index is 2.63. The van der Waals surface area contributed by atoms with Gasteiger partial charge in [-0.15, -0.1) is 11.6 Å². The Bertz CT molecular complexity index is 616. The minimum Gasteiger partial charge on any atom is -0.461 e. The monoisotopic (exact) mass is 362 g/mol. The first-order valence-corrected chi connectivity index (χ1v) is 9.41. The summed E-state index contributed by atoms with van der Waals surface area (Å²) in [6.45, 7) is 11.3. The Morgan fingerprint density at radius 1 is 1.24 bits per heavy atom. The molecule has 0 saturated carbocycles. The van der Waals surface area contributed by atoms with Crippen LogP contribution in [0.5, 0.6) is 0 Å². The second kappa shape index (κ2) is 10.5. The molecule has 1 rings (SSSR count). The van der Waals surface area contributed by atoms with Crippen LogP contribution in [-0.4, -0.2) is 18.5 Å². The number of hydrogen-bond donors (Lipinski definition) is 0. The van der Waals surface area contributed by atoms with Gasteiger partial charge in [-0.3, -0.25) is 4.79 Å². The highest BCUT2D eigenvalue weighted by molar-refractivity contribution is 6.26. The standard InChI is InChI=1S/C22H31ClO2/c1-17(8-6-9-18(2)13-15-25-21(24)16-23)11-12-20-19(3)10-7-14-22(20,4)5/h6,8-9,11-13H,7,10,14-16H2,1-5H3. The molecule has 138 valence electrons. The number of alkyl halides is 1. The average molecular weight is 363 g/mol. The van der Waals surface area contributed by atoms with Crippen molar-refractivity contribution < 1.29 is 9.53 Å². The molecule has 0 aliphatic heterocycles. The summed E-state index contributed by atoms with van der Waals surface area (Å²) < 4.78 is 4.91. The van der Waals surface area contributed by atoms with Crippen LogP contribution in [0, 0.1) is 5.41 Å². The van der Waals surface area contributed by atoms with E-state index in [0.717, 1.165) is 5.57 Å². The highest BCUT2D eigenvalue weighted by Crippen LogP contribution is 2.40. The molecule has 0 radical (unpaired) electrons. The Hall–Kier alpha value is -1.54. The summed E-state index contributed by atoms with van der Waals surface area (Å²) in [5.41, 5.74) is 5.52. The largest absolute Gasteiger partial charge is 0.461 e. The van der Waals surface area contributed by atoms with Crippen LogP contribution in [0.25, 0.3) is 0 Å². The van der Waals surface area contributed by atoms with Crippen molar-refractivity contribution in [3.63, 3.8) is 0 Å². The fourth-order valence-corrected chi connectivity index (χ4v) is 3.08. The second-order valence-electron chi connectivity index (χ2n) is 7.30. The Labute approximate surface area is 158 Å². The quantitative estimate of drug-likeness (QED) is 0.302. The van der Waals surface area contributed by atoms with Crippen molar-refractivity contribution in [1.29, 1.82) is 0 Å². The Kier molecular flexibility index (Phi) is 8.99. The van der Waals surface area contributed by atoms with Gasteiger partial charge in [0.05, 0.1) is 0 Å². The van der Waals surface area contributed by atoms with E-state index in [4.69, 9.17) is 16.3 Å². The summed E-state index contributed by atoms with van der Waals surface area (Å²) in [6, 6.07) is 0. The van der Waals surface area contributed by atoms with Gasteiger partial charge < -0.3 is 4.74 Å². The zero-order valence-corrected chi connectivity index (χ0v) is 17.0. The first kappa shape index (κ1) is 21.5. The van der Waals surface area contributed by atoms with Crippen molar-refractivity contribution in [2.45, 2.75) is 53.9 Å². The van der Waals surface area contributed by atoms with Crippen LogP contribution in [0.1, 0.15) is 53.9 Å². The molecule has 0 aromatic heterocycles. The molecular weight excluding hydrogens is 332 g/mol. The van der Waals surface area contributed by atoms with Gasteiger partial charge in [0.15, 0.2) is 0 Å². The Morgan fingerprint density at radius 2 is 1.96 bits per heavy atom. The molecule has 0 atom stereocenters. The van der Waals surface area contributed by atoms with E-state index in [1.807, 2.05) is 25.2 Å². The molecule has 0 aromatic rings. The number of ether oxygens (including phenoxy) is 1. The number of halogens is 1. The minimum absolute atomic E-state index is 0.107. The van der Waals surface area contributed by atoms with Gasteiger partial charge in [-0.05, 0) is 57.1 Å². The van der Waals surface area contributed by atoms with Crippen molar-refractivity contribution in [2.24, 2.45) is 5.41 Å². The van der Waals surface area contributed by atoms with Crippen LogP contribution in [-0.2, 0) is 9.53 Å². The van der Waals surface area contributed by atoms with Gasteiger partial charge in [-0.1, -0.05) is 60.9 Å². The van der Waals surface area contributed by atoms with Crippen molar-refractivity contribution in [3.05, 3.63) is 58.7 Å². The smallest absolute Gasteiger partial charge is 0.321 e. The number of allylic oxidation sites excluding steroid dienone is 9. The highest BCUT2D eigenvalue weighted by atomic mass is 35.5. The predicted octanol–water partition coefficient (Wildman–Crippen LogP) is 6.30. The SMILES string of the molecule is CC(C=CC1=C(C)CCCC1(C)C)=CC=CC(C)=CCOC(=O)CCl. The molecule has 0 unspecified atom stereocenters. The summed E-state index contributed by atoms with van der Waals surface area (Å²) in [5, 5.41) is 0. The molecule has 0 fully saturated rings. The number of esters is 1. The fourth-order valence-electron chi connectivity index (χ4n) is 3.01. The fraction of sp³-hybridized carbons (Fsp3) is 0.500.